The number of anilines is 1. The topological polar surface area (TPSA) is 41.6 Å². The largest absolute Gasteiger partial charge is 0.492 e. The van der Waals surface area contributed by atoms with Crippen molar-refractivity contribution < 1.29 is 13.9 Å². The van der Waals surface area contributed by atoms with Crippen LogP contribution in [0.15, 0.2) is 42.5 Å². The van der Waals surface area contributed by atoms with Crippen molar-refractivity contribution >= 4 is 23.3 Å². The van der Waals surface area contributed by atoms with E-state index in [1.165, 1.54) is 11.0 Å². The van der Waals surface area contributed by atoms with Crippen LogP contribution in [-0.2, 0) is 6.42 Å². The van der Waals surface area contributed by atoms with Gasteiger partial charge < -0.3 is 15.0 Å². The van der Waals surface area contributed by atoms with Crippen LogP contribution >= 0.6 is 11.6 Å². The average Bonchev–Trinajstić information content (AvgIpc) is 2.54. The molecule has 24 heavy (non-hydrogen) atoms. The Labute approximate surface area is 146 Å². The van der Waals surface area contributed by atoms with Crippen LogP contribution in [0, 0.1) is 5.82 Å². The van der Waals surface area contributed by atoms with Crippen LogP contribution < -0.4 is 10.1 Å². The predicted octanol–water partition coefficient (Wildman–Crippen LogP) is 4.58. The monoisotopic (exact) mass is 350 g/mol. The average molecular weight is 351 g/mol. The van der Waals surface area contributed by atoms with Crippen LogP contribution in [0.5, 0.6) is 5.75 Å². The fourth-order valence-corrected chi connectivity index (χ4v) is 2.31. The standard InChI is InChI=1S/C18H20ClFN2O2/c1-22(2)18(23)21-14-9-10-17(15(19)12-14)24-11-5-7-13-6-3-4-8-16(13)20/h3-4,6,8-10,12H,5,7,11H2,1-2H3,(H,21,23). The Morgan fingerprint density at radius 3 is 2.67 bits per heavy atom. The van der Waals surface area contributed by atoms with Gasteiger partial charge in [0.05, 0.1) is 11.6 Å². The minimum absolute atomic E-state index is 0.198. The Kier molecular flexibility index (Phi) is 6.44. The molecule has 0 spiro atoms. The second-order valence-electron chi connectivity index (χ2n) is 5.51. The molecule has 2 rings (SSSR count). The highest BCUT2D eigenvalue weighted by atomic mass is 35.5. The van der Waals surface area contributed by atoms with E-state index in [9.17, 15) is 9.18 Å². The summed E-state index contributed by atoms with van der Waals surface area (Å²) in [5.74, 6) is 0.338. The van der Waals surface area contributed by atoms with Crippen LogP contribution in [0.3, 0.4) is 0 Å². The summed E-state index contributed by atoms with van der Waals surface area (Å²) in [6, 6.07) is 11.5. The molecule has 0 atom stereocenters. The molecule has 1 N–H and O–H groups in total. The van der Waals surface area contributed by atoms with Gasteiger partial charge in [-0.25, -0.2) is 9.18 Å². The number of nitrogens with zero attached hydrogens (tertiary/aromatic N) is 1. The van der Waals surface area contributed by atoms with Gasteiger partial charge in [-0.2, -0.15) is 0 Å². The summed E-state index contributed by atoms with van der Waals surface area (Å²) in [4.78, 5) is 13.0. The van der Waals surface area contributed by atoms with Crippen LogP contribution in [0.4, 0.5) is 14.9 Å². The first-order chi connectivity index (χ1) is 11.5. The molecule has 2 aromatic rings. The molecule has 0 unspecified atom stereocenters. The first-order valence-corrected chi connectivity index (χ1v) is 7.99. The fourth-order valence-electron chi connectivity index (χ4n) is 2.08. The van der Waals surface area contributed by atoms with Crippen LogP contribution in [0.2, 0.25) is 5.02 Å². The van der Waals surface area contributed by atoms with Gasteiger partial charge in [-0.1, -0.05) is 29.8 Å². The number of carbonyl (C=O) groups excluding carboxylic acids is 1. The third-order valence-corrected chi connectivity index (χ3v) is 3.69. The molecule has 0 radical (unpaired) electrons. The molecule has 0 aliphatic rings. The summed E-state index contributed by atoms with van der Waals surface area (Å²) >= 11 is 6.16. The molecule has 0 aromatic heterocycles. The molecule has 4 nitrogen and oxygen atoms in total. The summed E-state index contributed by atoms with van der Waals surface area (Å²) in [7, 11) is 3.31. The van der Waals surface area contributed by atoms with Crippen molar-refractivity contribution in [2.24, 2.45) is 0 Å². The molecule has 0 bridgehead atoms. The third kappa shape index (κ3) is 5.13. The predicted molar refractivity (Wildman–Crippen MR) is 94.4 cm³/mol. The zero-order chi connectivity index (χ0) is 17.5. The number of benzene rings is 2. The summed E-state index contributed by atoms with van der Waals surface area (Å²) in [6.45, 7) is 0.428. The second-order valence-corrected chi connectivity index (χ2v) is 5.92. The Morgan fingerprint density at radius 1 is 1.25 bits per heavy atom. The molecule has 0 saturated heterocycles. The zero-order valence-corrected chi connectivity index (χ0v) is 14.4. The molecular formula is C18H20ClFN2O2. The number of halogens is 2. The summed E-state index contributed by atoms with van der Waals surface area (Å²) in [5.41, 5.74) is 1.27. The molecule has 0 heterocycles. The number of aryl methyl sites for hydroxylation is 1. The van der Waals surface area contributed by atoms with Crippen molar-refractivity contribution in [3.63, 3.8) is 0 Å². The number of ether oxygens (including phenoxy) is 1. The highest BCUT2D eigenvalue weighted by Gasteiger charge is 2.08. The normalized spacial score (nSPS) is 10.3. The van der Waals surface area contributed by atoms with Crippen molar-refractivity contribution in [2.75, 3.05) is 26.0 Å². The van der Waals surface area contributed by atoms with Gasteiger partial charge in [0.25, 0.3) is 0 Å². The van der Waals surface area contributed by atoms with E-state index in [1.54, 1.807) is 44.4 Å². The van der Waals surface area contributed by atoms with Crippen LogP contribution in [-0.4, -0.2) is 31.6 Å². The third-order valence-electron chi connectivity index (χ3n) is 3.40. The smallest absolute Gasteiger partial charge is 0.321 e. The maximum Gasteiger partial charge on any atom is 0.321 e. The van der Waals surface area contributed by atoms with E-state index in [0.717, 1.165) is 0 Å². The van der Waals surface area contributed by atoms with Gasteiger partial charge in [-0.05, 0) is 42.7 Å². The highest BCUT2D eigenvalue weighted by molar-refractivity contribution is 6.32. The second kappa shape index (κ2) is 8.55. The van der Waals surface area contributed by atoms with Gasteiger partial charge in [0.1, 0.15) is 11.6 Å². The van der Waals surface area contributed by atoms with Crippen molar-refractivity contribution in [1.82, 2.24) is 4.90 Å². The Morgan fingerprint density at radius 2 is 2.00 bits per heavy atom. The first-order valence-electron chi connectivity index (χ1n) is 7.61. The van der Waals surface area contributed by atoms with E-state index in [4.69, 9.17) is 16.3 Å². The number of hydrogen-bond acceptors (Lipinski definition) is 2. The van der Waals surface area contributed by atoms with Crippen LogP contribution in [0.1, 0.15) is 12.0 Å². The number of amides is 2. The lowest BCUT2D eigenvalue weighted by atomic mass is 10.1. The fraction of sp³-hybridized carbons (Fsp3) is 0.278. The molecule has 2 aromatic carbocycles. The molecule has 6 heteroatoms. The number of hydrogen-bond donors (Lipinski definition) is 1. The van der Waals surface area contributed by atoms with Gasteiger partial charge in [-0.15, -0.1) is 0 Å². The van der Waals surface area contributed by atoms with Crippen LogP contribution in [0.25, 0.3) is 0 Å². The van der Waals surface area contributed by atoms with E-state index >= 15 is 0 Å². The van der Waals surface area contributed by atoms with E-state index in [-0.39, 0.29) is 11.8 Å². The minimum atomic E-state index is -0.232. The quantitative estimate of drug-likeness (QED) is 0.774. The Balaban J connectivity index is 1.85. The molecule has 0 aliphatic carbocycles. The Bertz CT molecular complexity index is 707. The van der Waals surface area contributed by atoms with Crippen molar-refractivity contribution in [2.45, 2.75) is 12.8 Å². The summed E-state index contributed by atoms with van der Waals surface area (Å²) in [6.07, 6.45) is 1.28. The van der Waals surface area contributed by atoms with E-state index in [1.807, 2.05) is 6.07 Å². The molecule has 0 fully saturated rings. The molecule has 128 valence electrons. The van der Waals surface area contributed by atoms with Gasteiger partial charge in [-0.3, -0.25) is 0 Å². The maximum atomic E-state index is 13.5. The zero-order valence-electron chi connectivity index (χ0n) is 13.7. The lowest BCUT2D eigenvalue weighted by Crippen LogP contribution is -2.27. The summed E-state index contributed by atoms with van der Waals surface area (Å²) in [5, 5.41) is 3.12. The number of rotatable bonds is 6. The molecular weight excluding hydrogens is 331 g/mol. The lowest BCUT2D eigenvalue weighted by Gasteiger charge is -2.13. The van der Waals surface area contributed by atoms with E-state index < -0.39 is 0 Å². The van der Waals surface area contributed by atoms with E-state index in [2.05, 4.69) is 5.32 Å². The van der Waals surface area contributed by atoms with Crippen molar-refractivity contribution in [1.29, 1.82) is 0 Å². The van der Waals surface area contributed by atoms with Gasteiger partial charge in [0.15, 0.2) is 0 Å². The van der Waals surface area contributed by atoms with Crippen molar-refractivity contribution in [3.05, 3.63) is 58.9 Å². The van der Waals surface area contributed by atoms with Gasteiger partial charge in [0.2, 0.25) is 0 Å². The number of carbonyl (C=O) groups is 1. The molecule has 0 saturated carbocycles. The maximum absolute atomic E-state index is 13.5. The molecule has 2 amide bonds. The summed E-state index contributed by atoms with van der Waals surface area (Å²) < 4.78 is 19.1. The number of nitrogens with one attached hydrogen (secondary N) is 1. The minimum Gasteiger partial charge on any atom is -0.492 e. The van der Waals surface area contributed by atoms with Gasteiger partial charge >= 0.3 is 6.03 Å². The van der Waals surface area contributed by atoms with E-state index in [0.29, 0.717) is 41.5 Å². The lowest BCUT2D eigenvalue weighted by molar-refractivity contribution is 0.230. The Hall–Kier alpha value is -2.27. The molecule has 0 aliphatic heterocycles. The highest BCUT2D eigenvalue weighted by Crippen LogP contribution is 2.28. The first kappa shape index (κ1) is 18.1. The van der Waals surface area contributed by atoms with Crippen molar-refractivity contribution in [3.8, 4) is 5.75 Å². The van der Waals surface area contributed by atoms with Gasteiger partial charge in [0, 0.05) is 19.8 Å². The number of urea groups is 1. The SMILES string of the molecule is CN(C)C(=O)Nc1ccc(OCCCc2ccccc2F)c(Cl)c1.